The molecule has 1 aliphatic heterocycles. The molecule has 1 saturated heterocycles. The molecule has 0 N–H and O–H groups in total. The van der Waals surface area contributed by atoms with Gasteiger partial charge in [0.2, 0.25) is 11.1 Å². The van der Waals surface area contributed by atoms with Crippen molar-refractivity contribution in [2.24, 2.45) is 0 Å². The highest BCUT2D eigenvalue weighted by Gasteiger charge is 2.29. The van der Waals surface area contributed by atoms with Gasteiger partial charge in [-0.2, -0.15) is 4.68 Å². The molecule has 1 amide bonds. The van der Waals surface area contributed by atoms with Crippen molar-refractivity contribution in [2.75, 3.05) is 5.75 Å². The number of likely N-dealkylation sites (tertiary alicyclic amines) is 1. The zero-order valence-corrected chi connectivity index (χ0v) is 16.1. The zero-order chi connectivity index (χ0) is 18.0. The maximum Gasteiger partial charge on any atom is 0.233 e. The van der Waals surface area contributed by atoms with Gasteiger partial charge in [-0.1, -0.05) is 17.8 Å². The zero-order valence-electron chi connectivity index (χ0n) is 15.3. The number of hydrogen-bond donors (Lipinski definition) is 0. The fourth-order valence-corrected chi connectivity index (χ4v) is 4.16. The number of piperidine rings is 1. The summed E-state index contributed by atoms with van der Waals surface area (Å²) in [6.45, 7) is 8.42. The van der Waals surface area contributed by atoms with Crippen molar-refractivity contribution in [3.63, 3.8) is 0 Å². The summed E-state index contributed by atoms with van der Waals surface area (Å²) in [4.78, 5) is 14.7. The third-order valence-electron chi connectivity index (χ3n) is 4.98. The summed E-state index contributed by atoms with van der Waals surface area (Å²) in [5.41, 5.74) is 3.34. The van der Waals surface area contributed by atoms with Gasteiger partial charge >= 0.3 is 0 Å². The molecule has 0 radical (unpaired) electrons. The highest BCUT2D eigenvalue weighted by atomic mass is 32.2. The molecule has 6 nitrogen and oxygen atoms in total. The third kappa shape index (κ3) is 3.86. The number of thioether (sulfide) groups is 1. The van der Waals surface area contributed by atoms with E-state index >= 15 is 0 Å². The van der Waals surface area contributed by atoms with E-state index in [1.165, 1.54) is 29.3 Å². The molecule has 25 heavy (non-hydrogen) atoms. The highest BCUT2D eigenvalue weighted by molar-refractivity contribution is 7.99. The third-order valence-corrected chi connectivity index (χ3v) is 5.89. The molecule has 3 rings (SSSR count). The standard InChI is InChI=1S/C18H25N5OS/c1-12-8-9-16(10-13(12)2)23-18(19-20-21-23)25-11-17(24)22-14(3)6-5-7-15(22)4/h8-10,14-15H,5-7,11H2,1-4H3. The van der Waals surface area contributed by atoms with E-state index in [9.17, 15) is 4.79 Å². The molecule has 1 aliphatic rings. The molecule has 2 aromatic rings. The lowest BCUT2D eigenvalue weighted by Gasteiger charge is -2.39. The number of aromatic nitrogens is 4. The van der Waals surface area contributed by atoms with Gasteiger partial charge in [0.15, 0.2) is 0 Å². The summed E-state index contributed by atoms with van der Waals surface area (Å²) >= 11 is 1.40. The fourth-order valence-electron chi connectivity index (χ4n) is 3.40. The molecule has 0 saturated carbocycles. The van der Waals surface area contributed by atoms with Crippen LogP contribution in [-0.4, -0.2) is 48.9 Å². The van der Waals surface area contributed by atoms with Crippen LogP contribution in [0.2, 0.25) is 0 Å². The predicted octanol–water partition coefficient (Wildman–Crippen LogP) is 3.16. The second-order valence-corrected chi connectivity index (χ2v) is 7.80. The molecule has 2 atom stereocenters. The average Bonchev–Trinajstić information content (AvgIpc) is 3.04. The van der Waals surface area contributed by atoms with Gasteiger partial charge in [-0.15, -0.1) is 5.10 Å². The second kappa shape index (κ2) is 7.56. The lowest BCUT2D eigenvalue weighted by atomic mass is 9.98. The number of amides is 1. The van der Waals surface area contributed by atoms with E-state index in [4.69, 9.17) is 0 Å². The Morgan fingerprint density at radius 1 is 1.20 bits per heavy atom. The Labute approximate surface area is 153 Å². The van der Waals surface area contributed by atoms with E-state index in [0.717, 1.165) is 18.5 Å². The van der Waals surface area contributed by atoms with Gasteiger partial charge in [-0.25, -0.2) is 0 Å². The number of carbonyl (C=O) groups is 1. The van der Waals surface area contributed by atoms with Crippen LogP contribution >= 0.6 is 11.8 Å². The van der Waals surface area contributed by atoms with Crippen molar-refractivity contribution in [2.45, 2.75) is 64.2 Å². The van der Waals surface area contributed by atoms with Crippen molar-refractivity contribution in [1.82, 2.24) is 25.1 Å². The smallest absolute Gasteiger partial charge is 0.233 e. The quantitative estimate of drug-likeness (QED) is 0.785. The number of nitrogens with zero attached hydrogens (tertiary/aromatic N) is 5. The van der Waals surface area contributed by atoms with Crippen LogP contribution in [0, 0.1) is 13.8 Å². The molecule has 2 unspecified atom stereocenters. The molecule has 1 fully saturated rings. The Balaban J connectivity index is 1.71. The van der Waals surface area contributed by atoms with E-state index in [-0.39, 0.29) is 5.91 Å². The Morgan fingerprint density at radius 2 is 1.92 bits per heavy atom. The molecule has 0 bridgehead atoms. The molecule has 1 aromatic heterocycles. The first kappa shape index (κ1) is 17.9. The first-order valence-corrected chi connectivity index (χ1v) is 9.76. The maximum atomic E-state index is 12.7. The minimum Gasteiger partial charge on any atom is -0.337 e. The molecule has 134 valence electrons. The van der Waals surface area contributed by atoms with Gasteiger partial charge in [0.05, 0.1) is 11.4 Å². The van der Waals surface area contributed by atoms with Gasteiger partial charge in [0, 0.05) is 12.1 Å². The number of tetrazole rings is 1. The lowest BCUT2D eigenvalue weighted by Crippen LogP contribution is -2.48. The highest BCUT2D eigenvalue weighted by Crippen LogP contribution is 2.25. The van der Waals surface area contributed by atoms with Gasteiger partial charge in [0.1, 0.15) is 0 Å². The van der Waals surface area contributed by atoms with Crippen molar-refractivity contribution in [3.8, 4) is 5.69 Å². The van der Waals surface area contributed by atoms with Gasteiger partial charge in [0.25, 0.3) is 0 Å². The minimum atomic E-state index is 0.166. The summed E-state index contributed by atoms with van der Waals surface area (Å²) < 4.78 is 1.70. The van der Waals surface area contributed by atoms with Gasteiger partial charge < -0.3 is 4.90 Å². The molecule has 1 aromatic carbocycles. The molecule has 2 heterocycles. The average molecular weight is 359 g/mol. The number of carbonyl (C=O) groups excluding carboxylic acids is 1. The van der Waals surface area contributed by atoms with Crippen molar-refractivity contribution < 1.29 is 4.79 Å². The molecular weight excluding hydrogens is 334 g/mol. The first-order chi connectivity index (χ1) is 12.0. The van der Waals surface area contributed by atoms with Crippen LogP contribution in [0.3, 0.4) is 0 Å². The maximum absolute atomic E-state index is 12.7. The molecule has 7 heteroatoms. The number of aryl methyl sites for hydroxylation is 2. The van der Waals surface area contributed by atoms with Crippen LogP contribution < -0.4 is 0 Å². The van der Waals surface area contributed by atoms with Gasteiger partial charge in [-0.3, -0.25) is 4.79 Å². The lowest BCUT2D eigenvalue weighted by molar-refractivity contribution is -0.134. The van der Waals surface area contributed by atoms with Gasteiger partial charge in [-0.05, 0) is 80.6 Å². The van der Waals surface area contributed by atoms with Crippen LogP contribution in [-0.2, 0) is 4.79 Å². The van der Waals surface area contributed by atoms with Crippen LogP contribution in [0.25, 0.3) is 5.69 Å². The number of rotatable bonds is 4. The first-order valence-electron chi connectivity index (χ1n) is 8.77. The van der Waals surface area contributed by atoms with Crippen LogP contribution in [0.15, 0.2) is 23.4 Å². The Morgan fingerprint density at radius 3 is 2.60 bits per heavy atom. The SMILES string of the molecule is Cc1ccc(-n2nnnc2SCC(=O)N2C(C)CCCC2C)cc1C. The number of hydrogen-bond acceptors (Lipinski definition) is 5. The van der Waals surface area contributed by atoms with E-state index < -0.39 is 0 Å². The predicted molar refractivity (Wildman–Crippen MR) is 99.0 cm³/mol. The van der Waals surface area contributed by atoms with E-state index in [2.05, 4.69) is 55.4 Å². The monoisotopic (exact) mass is 359 g/mol. The Bertz CT molecular complexity index is 750. The van der Waals surface area contributed by atoms with E-state index in [1.807, 2.05) is 11.0 Å². The molecule has 0 aliphatic carbocycles. The summed E-state index contributed by atoms with van der Waals surface area (Å²) in [7, 11) is 0. The van der Waals surface area contributed by atoms with Crippen molar-refractivity contribution >= 4 is 17.7 Å². The largest absolute Gasteiger partial charge is 0.337 e. The van der Waals surface area contributed by atoms with E-state index in [1.54, 1.807) is 4.68 Å². The summed E-state index contributed by atoms with van der Waals surface area (Å²) in [6.07, 6.45) is 3.37. The van der Waals surface area contributed by atoms with Crippen LogP contribution in [0.1, 0.15) is 44.2 Å². The summed E-state index contributed by atoms with van der Waals surface area (Å²) in [5, 5.41) is 12.6. The van der Waals surface area contributed by atoms with Crippen molar-refractivity contribution in [1.29, 1.82) is 0 Å². The summed E-state index contributed by atoms with van der Waals surface area (Å²) in [5.74, 6) is 0.527. The van der Waals surface area contributed by atoms with Crippen LogP contribution in [0.4, 0.5) is 0 Å². The van der Waals surface area contributed by atoms with Crippen LogP contribution in [0.5, 0.6) is 0 Å². The Hall–Kier alpha value is -1.89. The number of benzene rings is 1. The second-order valence-electron chi connectivity index (χ2n) is 6.86. The Kier molecular flexibility index (Phi) is 5.42. The summed E-state index contributed by atoms with van der Waals surface area (Å²) in [6, 6.07) is 6.74. The minimum absolute atomic E-state index is 0.166. The fraction of sp³-hybridized carbons (Fsp3) is 0.556. The molecular formula is C18H25N5OS. The van der Waals surface area contributed by atoms with Crippen molar-refractivity contribution in [3.05, 3.63) is 29.3 Å². The topological polar surface area (TPSA) is 63.9 Å². The van der Waals surface area contributed by atoms with E-state index in [0.29, 0.717) is 23.0 Å². The molecule has 0 spiro atoms. The normalized spacial score (nSPS) is 20.7.